The molecule has 134 valence electrons. The number of aromatic nitrogens is 1. The number of alkyl halides is 6. The number of nitrogens with zero attached hydrogens (tertiary/aromatic N) is 1. The number of fused-ring (bicyclic) bond motifs is 1. The van der Waals surface area contributed by atoms with Crippen molar-refractivity contribution in [3.05, 3.63) is 30.0 Å². The van der Waals surface area contributed by atoms with Gasteiger partial charge in [0.05, 0.1) is 20.2 Å². The van der Waals surface area contributed by atoms with Gasteiger partial charge in [-0.15, -0.1) is 0 Å². The summed E-state index contributed by atoms with van der Waals surface area (Å²) in [5.74, 6) is 0.561. The molecule has 0 spiro atoms. The van der Waals surface area contributed by atoms with Gasteiger partial charge in [0.1, 0.15) is 5.75 Å². The van der Waals surface area contributed by atoms with Crippen molar-refractivity contribution in [2.45, 2.75) is 18.8 Å². The quantitative estimate of drug-likeness (QED) is 0.790. The zero-order chi connectivity index (χ0) is 18.0. The van der Waals surface area contributed by atoms with Crippen LogP contribution in [0.5, 0.6) is 5.75 Å². The molecular weight excluding hydrogens is 338 g/mol. The van der Waals surface area contributed by atoms with Gasteiger partial charge in [0, 0.05) is 23.6 Å². The number of H-pyrrole nitrogens is 1. The maximum Gasteiger partial charge on any atom is 0.401 e. The highest BCUT2D eigenvalue weighted by Crippen LogP contribution is 2.26. The molecule has 0 unspecified atom stereocenters. The van der Waals surface area contributed by atoms with E-state index in [1.165, 1.54) is 7.11 Å². The van der Waals surface area contributed by atoms with Gasteiger partial charge in [-0.2, -0.15) is 26.3 Å². The SMILES string of the molecule is COc1ccc2[nH]cc(CCN(CC(F)(F)F)CC(F)(F)F)c2c1. The van der Waals surface area contributed by atoms with E-state index in [2.05, 4.69) is 4.98 Å². The van der Waals surface area contributed by atoms with Crippen LogP contribution in [0.1, 0.15) is 5.56 Å². The van der Waals surface area contributed by atoms with Gasteiger partial charge in [0.15, 0.2) is 0 Å². The minimum absolute atomic E-state index is 0.0549. The molecule has 2 rings (SSSR count). The van der Waals surface area contributed by atoms with E-state index in [4.69, 9.17) is 4.74 Å². The maximum atomic E-state index is 12.5. The Bertz CT molecular complexity index is 661. The number of aromatic amines is 1. The Morgan fingerprint density at radius 3 is 2.21 bits per heavy atom. The molecule has 0 radical (unpaired) electrons. The fourth-order valence-corrected chi connectivity index (χ4v) is 2.49. The summed E-state index contributed by atoms with van der Waals surface area (Å²) in [4.78, 5) is 3.30. The number of hydrogen-bond acceptors (Lipinski definition) is 2. The van der Waals surface area contributed by atoms with Crippen molar-refractivity contribution in [3.63, 3.8) is 0 Å². The lowest BCUT2D eigenvalue weighted by atomic mass is 10.1. The van der Waals surface area contributed by atoms with Crippen LogP contribution in [-0.2, 0) is 6.42 Å². The van der Waals surface area contributed by atoms with E-state index in [1.807, 2.05) is 0 Å². The molecule has 24 heavy (non-hydrogen) atoms. The molecule has 0 aliphatic carbocycles. The van der Waals surface area contributed by atoms with Crippen molar-refractivity contribution in [3.8, 4) is 5.75 Å². The van der Waals surface area contributed by atoms with Gasteiger partial charge in [-0.1, -0.05) is 0 Å². The fourth-order valence-electron chi connectivity index (χ4n) is 2.49. The van der Waals surface area contributed by atoms with Crippen molar-refractivity contribution in [1.82, 2.24) is 9.88 Å². The van der Waals surface area contributed by atoms with Crippen molar-refractivity contribution >= 4 is 10.9 Å². The first-order valence-electron chi connectivity index (χ1n) is 7.07. The van der Waals surface area contributed by atoms with E-state index in [1.54, 1.807) is 24.4 Å². The number of halogens is 6. The van der Waals surface area contributed by atoms with Crippen LogP contribution in [0.3, 0.4) is 0 Å². The summed E-state index contributed by atoms with van der Waals surface area (Å²) < 4.78 is 79.9. The molecule has 1 N–H and O–H groups in total. The molecule has 9 heteroatoms. The molecule has 0 atom stereocenters. The summed E-state index contributed by atoms with van der Waals surface area (Å²) in [5, 5.41) is 0.716. The number of ether oxygens (including phenoxy) is 1. The standard InChI is InChI=1S/C15H16F6N2O/c1-24-11-2-3-13-12(6-11)10(7-22-13)4-5-23(8-14(16,17)18)9-15(19,20)21/h2-3,6-7,22H,4-5,8-9H2,1H3. The maximum absolute atomic E-state index is 12.5. The highest BCUT2D eigenvalue weighted by Gasteiger charge is 2.37. The average Bonchev–Trinajstić information content (AvgIpc) is 2.83. The van der Waals surface area contributed by atoms with Crippen LogP contribution >= 0.6 is 0 Å². The van der Waals surface area contributed by atoms with Gasteiger partial charge < -0.3 is 9.72 Å². The summed E-state index contributed by atoms with van der Waals surface area (Å²) in [6.07, 6.45) is -7.73. The smallest absolute Gasteiger partial charge is 0.401 e. The number of benzene rings is 1. The number of nitrogens with one attached hydrogen (secondary N) is 1. The van der Waals surface area contributed by atoms with E-state index in [0.717, 1.165) is 5.52 Å². The molecule has 1 heterocycles. The summed E-state index contributed by atoms with van der Waals surface area (Å²) >= 11 is 0. The minimum Gasteiger partial charge on any atom is -0.497 e. The topological polar surface area (TPSA) is 28.3 Å². The van der Waals surface area contributed by atoms with E-state index in [-0.39, 0.29) is 13.0 Å². The Morgan fingerprint density at radius 2 is 1.67 bits per heavy atom. The third-order valence-electron chi connectivity index (χ3n) is 3.48. The van der Waals surface area contributed by atoms with Crippen LogP contribution in [0.15, 0.2) is 24.4 Å². The molecule has 2 aromatic rings. The normalized spacial score (nSPS) is 13.0. The van der Waals surface area contributed by atoms with Crippen molar-refractivity contribution in [1.29, 1.82) is 0 Å². The average molecular weight is 354 g/mol. The fraction of sp³-hybridized carbons (Fsp3) is 0.467. The molecule has 0 aliphatic rings. The van der Waals surface area contributed by atoms with Crippen molar-refractivity contribution in [2.24, 2.45) is 0 Å². The van der Waals surface area contributed by atoms with Crippen LogP contribution in [0.2, 0.25) is 0 Å². The molecule has 0 bridgehead atoms. The van der Waals surface area contributed by atoms with Gasteiger partial charge in [-0.05, 0) is 30.2 Å². The Labute approximate surface area is 134 Å². The van der Waals surface area contributed by atoms with Gasteiger partial charge in [0.25, 0.3) is 0 Å². The number of methoxy groups -OCH3 is 1. The summed E-state index contributed by atoms with van der Waals surface area (Å²) in [6.45, 7) is -3.56. The third-order valence-corrected chi connectivity index (χ3v) is 3.48. The first-order valence-corrected chi connectivity index (χ1v) is 7.07. The third kappa shape index (κ3) is 5.33. The van der Waals surface area contributed by atoms with Gasteiger partial charge >= 0.3 is 12.4 Å². The molecule has 0 saturated carbocycles. The highest BCUT2D eigenvalue weighted by atomic mass is 19.4. The lowest BCUT2D eigenvalue weighted by Gasteiger charge is -2.24. The highest BCUT2D eigenvalue weighted by molar-refractivity contribution is 5.84. The predicted molar refractivity (Wildman–Crippen MR) is 77.1 cm³/mol. The monoisotopic (exact) mass is 354 g/mol. The summed E-state index contributed by atoms with van der Waals surface area (Å²) in [7, 11) is 1.47. The minimum atomic E-state index is -4.69. The Morgan fingerprint density at radius 1 is 1.04 bits per heavy atom. The molecule has 0 saturated heterocycles. The largest absolute Gasteiger partial charge is 0.497 e. The molecule has 0 amide bonds. The summed E-state index contributed by atoms with van der Waals surface area (Å²) in [5.41, 5.74) is 1.38. The second-order valence-electron chi connectivity index (χ2n) is 5.42. The van der Waals surface area contributed by atoms with Crippen molar-refractivity contribution in [2.75, 3.05) is 26.7 Å². The first kappa shape index (κ1) is 18.4. The van der Waals surface area contributed by atoms with Crippen LogP contribution < -0.4 is 4.74 Å². The molecule has 0 aliphatic heterocycles. The Kier molecular flexibility index (Phi) is 5.32. The van der Waals surface area contributed by atoms with E-state index in [9.17, 15) is 26.3 Å². The van der Waals surface area contributed by atoms with Crippen molar-refractivity contribution < 1.29 is 31.1 Å². The molecule has 3 nitrogen and oxygen atoms in total. The van der Waals surface area contributed by atoms with Gasteiger partial charge in [-0.3, -0.25) is 4.90 Å². The zero-order valence-electron chi connectivity index (χ0n) is 12.8. The van der Waals surface area contributed by atoms with Gasteiger partial charge in [-0.25, -0.2) is 0 Å². The molecular formula is C15H16F6N2O. The Hall–Kier alpha value is -1.90. The van der Waals surface area contributed by atoms with E-state index in [0.29, 0.717) is 21.6 Å². The van der Waals surface area contributed by atoms with Crippen LogP contribution in [0.25, 0.3) is 10.9 Å². The second-order valence-corrected chi connectivity index (χ2v) is 5.42. The summed E-state index contributed by atoms with van der Waals surface area (Å²) in [6, 6.07) is 5.14. The second kappa shape index (κ2) is 6.92. The first-order chi connectivity index (χ1) is 11.1. The molecule has 1 aromatic heterocycles. The lowest BCUT2D eigenvalue weighted by Crippen LogP contribution is -2.41. The molecule has 1 aromatic carbocycles. The van der Waals surface area contributed by atoms with E-state index < -0.39 is 25.4 Å². The number of rotatable bonds is 6. The van der Waals surface area contributed by atoms with Crippen LogP contribution in [0, 0.1) is 0 Å². The zero-order valence-corrected chi connectivity index (χ0v) is 12.8. The van der Waals surface area contributed by atoms with Gasteiger partial charge in [0.2, 0.25) is 0 Å². The van der Waals surface area contributed by atoms with Crippen LogP contribution in [0.4, 0.5) is 26.3 Å². The lowest BCUT2D eigenvalue weighted by molar-refractivity contribution is -0.179. The predicted octanol–water partition coefficient (Wildman–Crippen LogP) is 4.15. The molecule has 0 fully saturated rings. The van der Waals surface area contributed by atoms with Crippen LogP contribution in [-0.4, -0.2) is 49.0 Å². The van der Waals surface area contributed by atoms with E-state index >= 15 is 0 Å². The number of hydrogen-bond donors (Lipinski definition) is 1. The Balaban J connectivity index is 2.13.